The van der Waals surface area contributed by atoms with Crippen LogP contribution in [0, 0.1) is 11.6 Å². The third-order valence-electron chi connectivity index (χ3n) is 2.31. The van der Waals surface area contributed by atoms with Crippen LogP contribution in [0.15, 0.2) is 24.5 Å². The van der Waals surface area contributed by atoms with E-state index in [0.29, 0.717) is 0 Å². The van der Waals surface area contributed by atoms with Crippen LogP contribution in [0.25, 0.3) is 5.69 Å². The van der Waals surface area contributed by atoms with E-state index >= 15 is 0 Å². The quantitative estimate of drug-likeness (QED) is 0.793. The summed E-state index contributed by atoms with van der Waals surface area (Å²) in [4.78, 5) is 0. The molecule has 0 amide bonds. The second-order valence-electron chi connectivity index (χ2n) is 3.46. The first-order chi connectivity index (χ1) is 8.52. The molecule has 0 saturated heterocycles. The lowest BCUT2D eigenvalue weighted by molar-refractivity contribution is 0.151. The number of halogens is 4. The Morgan fingerprint density at radius 3 is 2.28 bits per heavy atom. The molecule has 0 fully saturated rings. The van der Waals surface area contributed by atoms with Crippen LogP contribution >= 0.6 is 0 Å². The van der Waals surface area contributed by atoms with E-state index in [0.717, 1.165) is 29.2 Å². The van der Waals surface area contributed by atoms with Crippen LogP contribution in [-0.2, 0) is 0 Å². The first-order valence-electron chi connectivity index (χ1n) is 4.89. The molecule has 1 heterocycles. The standard InChI is InChI=1S/C11H8F4N2O/c1-18-7-2-8(12)10(9(13)3-7)17-5-6(4-16-17)11(14)15/h2-5,11H,1H3. The van der Waals surface area contributed by atoms with Crippen molar-refractivity contribution in [2.45, 2.75) is 6.43 Å². The normalized spacial score (nSPS) is 11.0. The number of hydrogen-bond acceptors (Lipinski definition) is 2. The van der Waals surface area contributed by atoms with Crippen LogP contribution in [0.5, 0.6) is 5.75 Å². The molecule has 0 aliphatic carbocycles. The molecule has 0 unspecified atom stereocenters. The summed E-state index contributed by atoms with van der Waals surface area (Å²) in [5.74, 6) is -1.90. The summed E-state index contributed by atoms with van der Waals surface area (Å²) >= 11 is 0. The maximum Gasteiger partial charge on any atom is 0.266 e. The Kier molecular flexibility index (Phi) is 3.22. The van der Waals surface area contributed by atoms with Gasteiger partial charge in [0.25, 0.3) is 6.43 Å². The Balaban J connectivity index is 2.49. The van der Waals surface area contributed by atoms with Crippen molar-refractivity contribution in [2.24, 2.45) is 0 Å². The zero-order chi connectivity index (χ0) is 13.3. The predicted octanol–water partition coefficient (Wildman–Crippen LogP) is 3.10. The summed E-state index contributed by atoms with van der Waals surface area (Å²) < 4.78 is 57.4. The molecule has 1 aromatic carbocycles. The number of benzene rings is 1. The number of hydrogen-bond donors (Lipinski definition) is 0. The molecule has 3 nitrogen and oxygen atoms in total. The lowest BCUT2D eigenvalue weighted by Crippen LogP contribution is -2.02. The van der Waals surface area contributed by atoms with Crippen molar-refractivity contribution < 1.29 is 22.3 Å². The molecular weight excluding hydrogens is 252 g/mol. The molecule has 1 aromatic heterocycles. The average molecular weight is 260 g/mol. The molecular formula is C11H8F4N2O. The smallest absolute Gasteiger partial charge is 0.266 e. The van der Waals surface area contributed by atoms with E-state index in [1.807, 2.05) is 0 Å². The molecule has 18 heavy (non-hydrogen) atoms. The van der Waals surface area contributed by atoms with E-state index in [2.05, 4.69) is 9.84 Å². The van der Waals surface area contributed by atoms with E-state index in [-0.39, 0.29) is 5.75 Å². The SMILES string of the molecule is COc1cc(F)c(-n2cc(C(F)F)cn2)c(F)c1. The van der Waals surface area contributed by atoms with Crippen molar-refractivity contribution in [1.29, 1.82) is 0 Å². The average Bonchev–Trinajstić information content (AvgIpc) is 2.77. The van der Waals surface area contributed by atoms with Gasteiger partial charge in [-0.05, 0) is 0 Å². The largest absolute Gasteiger partial charge is 0.497 e. The van der Waals surface area contributed by atoms with Crippen LogP contribution in [-0.4, -0.2) is 16.9 Å². The van der Waals surface area contributed by atoms with Gasteiger partial charge in [0.15, 0.2) is 11.6 Å². The van der Waals surface area contributed by atoms with Crippen LogP contribution in [0.1, 0.15) is 12.0 Å². The Hall–Kier alpha value is -2.05. The highest BCUT2D eigenvalue weighted by molar-refractivity contribution is 5.40. The van der Waals surface area contributed by atoms with Crippen molar-refractivity contribution in [3.8, 4) is 11.4 Å². The minimum Gasteiger partial charge on any atom is -0.497 e. The van der Waals surface area contributed by atoms with Gasteiger partial charge in [-0.25, -0.2) is 22.2 Å². The van der Waals surface area contributed by atoms with Gasteiger partial charge < -0.3 is 4.74 Å². The lowest BCUT2D eigenvalue weighted by atomic mass is 10.2. The van der Waals surface area contributed by atoms with Crippen LogP contribution in [0.3, 0.4) is 0 Å². The van der Waals surface area contributed by atoms with Gasteiger partial charge in [-0.15, -0.1) is 0 Å². The Labute approximate surface area is 99.6 Å². The van der Waals surface area contributed by atoms with E-state index in [9.17, 15) is 17.6 Å². The van der Waals surface area contributed by atoms with E-state index < -0.39 is 29.3 Å². The predicted molar refractivity (Wildman–Crippen MR) is 55.0 cm³/mol. The first kappa shape index (κ1) is 12.4. The highest BCUT2D eigenvalue weighted by Gasteiger charge is 2.17. The van der Waals surface area contributed by atoms with Gasteiger partial charge in [-0.2, -0.15) is 5.10 Å². The first-order valence-corrected chi connectivity index (χ1v) is 4.89. The molecule has 0 aliphatic rings. The van der Waals surface area contributed by atoms with Gasteiger partial charge in [0.1, 0.15) is 11.4 Å². The maximum atomic E-state index is 13.6. The number of alkyl halides is 2. The van der Waals surface area contributed by atoms with Crippen LogP contribution in [0.4, 0.5) is 17.6 Å². The fourth-order valence-corrected chi connectivity index (χ4v) is 1.45. The van der Waals surface area contributed by atoms with Crippen molar-refractivity contribution >= 4 is 0 Å². The molecule has 96 valence electrons. The minimum absolute atomic E-state index is 0.00464. The van der Waals surface area contributed by atoms with Crippen molar-refractivity contribution in [2.75, 3.05) is 7.11 Å². The number of aromatic nitrogens is 2. The van der Waals surface area contributed by atoms with E-state index in [4.69, 9.17) is 0 Å². The highest BCUT2D eigenvalue weighted by Crippen LogP contribution is 2.25. The second kappa shape index (κ2) is 4.67. The zero-order valence-electron chi connectivity index (χ0n) is 9.20. The van der Waals surface area contributed by atoms with Gasteiger partial charge in [0.2, 0.25) is 0 Å². The molecule has 0 N–H and O–H groups in total. The minimum atomic E-state index is -2.75. The summed E-state index contributed by atoms with van der Waals surface area (Å²) in [6.45, 7) is 0. The summed E-state index contributed by atoms with van der Waals surface area (Å²) in [5, 5.41) is 3.50. The molecule has 0 spiro atoms. The lowest BCUT2D eigenvalue weighted by Gasteiger charge is -2.07. The monoisotopic (exact) mass is 260 g/mol. The van der Waals surface area contributed by atoms with Crippen LogP contribution in [0.2, 0.25) is 0 Å². The Morgan fingerprint density at radius 1 is 1.22 bits per heavy atom. The third kappa shape index (κ3) is 2.15. The molecule has 2 aromatic rings. The van der Waals surface area contributed by atoms with E-state index in [1.165, 1.54) is 7.11 Å². The summed E-state index contributed by atoms with van der Waals surface area (Å²) in [6.07, 6.45) is -1.02. The van der Waals surface area contributed by atoms with Gasteiger partial charge in [-0.1, -0.05) is 0 Å². The molecule has 2 rings (SSSR count). The molecule has 7 heteroatoms. The Bertz CT molecular complexity index is 545. The van der Waals surface area contributed by atoms with Crippen molar-refractivity contribution in [3.05, 3.63) is 41.7 Å². The van der Waals surface area contributed by atoms with Gasteiger partial charge in [0.05, 0.1) is 18.9 Å². The van der Waals surface area contributed by atoms with E-state index in [1.54, 1.807) is 0 Å². The molecule has 0 saturated carbocycles. The Morgan fingerprint density at radius 2 is 1.83 bits per heavy atom. The molecule has 0 aliphatic heterocycles. The molecule has 0 atom stereocenters. The molecule has 0 radical (unpaired) electrons. The molecule has 0 bridgehead atoms. The maximum absolute atomic E-state index is 13.6. The second-order valence-corrected chi connectivity index (χ2v) is 3.46. The third-order valence-corrected chi connectivity index (χ3v) is 2.31. The summed E-state index contributed by atoms with van der Waals surface area (Å²) in [6, 6.07) is 1.89. The van der Waals surface area contributed by atoms with Gasteiger partial charge in [0, 0.05) is 18.3 Å². The zero-order valence-corrected chi connectivity index (χ0v) is 9.20. The topological polar surface area (TPSA) is 27.1 Å². The van der Waals surface area contributed by atoms with Crippen molar-refractivity contribution in [1.82, 2.24) is 9.78 Å². The highest BCUT2D eigenvalue weighted by atomic mass is 19.3. The number of methoxy groups -OCH3 is 1. The number of rotatable bonds is 3. The fourth-order valence-electron chi connectivity index (χ4n) is 1.45. The van der Waals surface area contributed by atoms with Crippen LogP contribution < -0.4 is 4.74 Å². The van der Waals surface area contributed by atoms with Crippen molar-refractivity contribution in [3.63, 3.8) is 0 Å². The number of nitrogens with zero attached hydrogens (tertiary/aromatic N) is 2. The summed E-state index contributed by atoms with van der Waals surface area (Å²) in [7, 11) is 1.26. The van der Waals surface area contributed by atoms with Gasteiger partial charge in [-0.3, -0.25) is 0 Å². The number of ether oxygens (including phenoxy) is 1. The fraction of sp³-hybridized carbons (Fsp3) is 0.182. The van der Waals surface area contributed by atoms with Gasteiger partial charge >= 0.3 is 0 Å². The summed E-state index contributed by atoms with van der Waals surface area (Å²) in [5.41, 5.74) is -0.938.